The SMILES string of the molecule is CC1(C)O[C@H]2O[C@@](COCc3ccccc3)(CC(F)(F)F)[C@@H](OCc3ccccc3)[C@H]2O1. The summed E-state index contributed by atoms with van der Waals surface area (Å²) in [4.78, 5) is 0. The molecule has 0 N–H and O–H groups in total. The van der Waals surface area contributed by atoms with Crippen LogP contribution in [0.15, 0.2) is 60.7 Å². The largest absolute Gasteiger partial charge is 0.392 e. The minimum atomic E-state index is -4.50. The van der Waals surface area contributed by atoms with Crippen LogP contribution < -0.4 is 0 Å². The van der Waals surface area contributed by atoms with E-state index in [0.29, 0.717) is 0 Å². The Hall–Kier alpha value is -1.97. The molecule has 0 radical (unpaired) electrons. The molecule has 2 aliphatic rings. The third kappa shape index (κ3) is 5.50. The summed E-state index contributed by atoms with van der Waals surface area (Å²) in [6.45, 7) is 3.33. The molecule has 2 fully saturated rings. The predicted molar refractivity (Wildman–Crippen MR) is 109 cm³/mol. The number of ether oxygens (including phenoxy) is 5. The number of alkyl halides is 3. The molecule has 2 saturated heterocycles. The molecule has 2 heterocycles. The van der Waals surface area contributed by atoms with E-state index in [1.165, 1.54) is 0 Å². The maximum absolute atomic E-state index is 13.7. The second-order valence-corrected chi connectivity index (χ2v) is 8.64. The lowest BCUT2D eigenvalue weighted by molar-refractivity contribution is -0.278. The molecule has 2 aromatic carbocycles. The van der Waals surface area contributed by atoms with Gasteiger partial charge in [0.05, 0.1) is 26.2 Å². The molecular formula is C24H27F3O5. The first kappa shape index (κ1) is 23.2. The van der Waals surface area contributed by atoms with Gasteiger partial charge in [-0.1, -0.05) is 60.7 Å². The van der Waals surface area contributed by atoms with Gasteiger partial charge in [-0.15, -0.1) is 0 Å². The number of hydrogen-bond acceptors (Lipinski definition) is 5. The van der Waals surface area contributed by atoms with Crippen LogP contribution in [0, 0.1) is 0 Å². The molecule has 0 unspecified atom stereocenters. The zero-order valence-corrected chi connectivity index (χ0v) is 18.0. The van der Waals surface area contributed by atoms with Crippen molar-refractivity contribution < 1.29 is 36.9 Å². The summed E-state index contributed by atoms with van der Waals surface area (Å²) in [6.07, 6.45) is -8.57. The molecule has 4 rings (SSSR count). The Labute approximate surface area is 185 Å². The number of halogens is 3. The van der Waals surface area contributed by atoms with Crippen molar-refractivity contribution in [3.63, 3.8) is 0 Å². The van der Waals surface area contributed by atoms with Crippen LogP contribution in [0.2, 0.25) is 0 Å². The van der Waals surface area contributed by atoms with E-state index < -0.39 is 42.5 Å². The average molecular weight is 452 g/mol. The highest BCUT2D eigenvalue weighted by Crippen LogP contribution is 2.48. The number of hydrogen-bond donors (Lipinski definition) is 0. The van der Waals surface area contributed by atoms with Gasteiger partial charge >= 0.3 is 6.18 Å². The van der Waals surface area contributed by atoms with Gasteiger partial charge in [-0.2, -0.15) is 13.2 Å². The molecule has 5 nitrogen and oxygen atoms in total. The van der Waals surface area contributed by atoms with E-state index in [0.717, 1.165) is 11.1 Å². The molecular weight excluding hydrogens is 425 g/mol. The molecule has 4 atom stereocenters. The number of benzene rings is 2. The van der Waals surface area contributed by atoms with Crippen LogP contribution in [0.3, 0.4) is 0 Å². The fourth-order valence-corrected chi connectivity index (χ4v) is 4.22. The van der Waals surface area contributed by atoms with Crippen LogP contribution in [-0.2, 0) is 36.9 Å². The van der Waals surface area contributed by atoms with E-state index in [-0.39, 0.29) is 19.8 Å². The van der Waals surface area contributed by atoms with Gasteiger partial charge in [0.2, 0.25) is 0 Å². The first-order valence-electron chi connectivity index (χ1n) is 10.5. The summed E-state index contributed by atoms with van der Waals surface area (Å²) < 4.78 is 70.4. The second kappa shape index (κ2) is 9.11. The molecule has 174 valence electrons. The third-order valence-electron chi connectivity index (χ3n) is 5.49. The Morgan fingerprint density at radius 3 is 2.03 bits per heavy atom. The van der Waals surface area contributed by atoms with Gasteiger partial charge in [-0.3, -0.25) is 0 Å². The van der Waals surface area contributed by atoms with Crippen LogP contribution in [0.1, 0.15) is 31.4 Å². The van der Waals surface area contributed by atoms with Crippen molar-refractivity contribution in [1.29, 1.82) is 0 Å². The first-order chi connectivity index (χ1) is 15.2. The number of fused-ring (bicyclic) bond motifs is 1. The van der Waals surface area contributed by atoms with E-state index in [2.05, 4.69) is 0 Å². The average Bonchev–Trinajstić information content (AvgIpc) is 3.15. The lowest BCUT2D eigenvalue weighted by Crippen LogP contribution is -2.52. The quantitative estimate of drug-likeness (QED) is 0.565. The van der Waals surface area contributed by atoms with Crippen molar-refractivity contribution in [1.82, 2.24) is 0 Å². The van der Waals surface area contributed by atoms with Gasteiger partial charge < -0.3 is 23.7 Å². The fraction of sp³-hybridized carbons (Fsp3) is 0.500. The molecule has 8 heteroatoms. The molecule has 0 amide bonds. The Kier molecular flexibility index (Phi) is 6.61. The monoisotopic (exact) mass is 452 g/mol. The lowest BCUT2D eigenvalue weighted by Gasteiger charge is -2.37. The topological polar surface area (TPSA) is 46.2 Å². The van der Waals surface area contributed by atoms with Crippen LogP contribution in [-0.4, -0.2) is 42.7 Å². The van der Waals surface area contributed by atoms with Crippen molar-refractivity contribution in [2.75, 3.05) is 6.61 Å². The first-order valence-corrected chi connectivity index (χ1v) is 10.5. The zero-order valence-electron chi connectivity index (χ0n) is 18.0. The van der Waals surface area contributed by atoms with E-state index in [4.69, 9.17) is 23.7 Å². The van der Waals surface area contributed by atoms with E-state index in [1.807, 2.05) is 60.7 Å². The molecule has 0 spiro atoms. The van der Waals surface area contributed by atoms with E-state index in [1.54, 1.807) is 13.8 Å². The Bertz CT molecular complexity index is 874. The molecule has 2 aromatic rings. The maximum Gasteiger partial charge on any atom is 0.392 e. The molecule has 32 heavy (non-hydrogen) atoms. The van der Waals surface area contributed by atoms with Crippen LogP contribution in [0.25, 0.3) is 0 Å². The molecule has 0 bridgehead atoms. The summed E-state index contributed by atoms with van der Waals surface area (Å²) in [5, 5.41) is 0. The Balaban J connectivity index is 1.57. The molecule has 0 aromatic heterocycles. The Morgan fingerprint density at radius 2 is 1.44 bits per heavy atom. The zero-order chi connectivity index (χ0) is 22.8. The van der Waals surface area contributed by atoms with Gasteiger partial charge in [-0.25, -0.2) is 0 Å². The van der Waals surface area contributed by atoms with Gasteiger partial charge in [-0.05, 0) is 25.0 Å². The van der Waals surface area contributed by atoms with Crippen molar-refractivity contribution in [3.05, 3.63) is 71.8 Å². The van der Waals surface area contributed by atoms with Crippen molar-refractivity contribution >= 4 is 0 Å². The highest BCUT2D eigenvalue weighted by atomic mass is 19.4. The summed E-state index contributed by atoms with van der Waals surface area (Å²) in [7, 11) is 0. The smallest absolute Gasteiger partial charge is 0.374 e. The second-order valence-electron chi connectivity index (χ2n) is 8.64. The normalized spacial score (nSPS) is 29.2. The van der Waals surface area contributed by atoms with Crippen molar-refractivity contribution in [2.24, 2.45) is 0 Å². The van der Waals surface area contributed by atoms with Gasteiger partial charge in [0, 0.05) is 0 Å². The predicted octanol–water partition coefficient (Wildman–Crippen LogP) is 4.99. The summed E-state index contributed by atoms with van der Waals surface area (Å²) >= 11 is 0. The van der Waals surface area contributed by atoms with Gasteiger partial charge in [0.15, 0.2) is 12.1 Å². The van der Waals surface area contributed by atoms with Gasteiger partial charge in [0.25, 0.3) is 0 Å². The maximum atomic E-state index is 13.7. The molecule has 2 aliphatic heterocycles. The summed E-state index contributed by atoms with van der Waals surface area (Å²) in [6, 6.07) is 18.5. The standard InChI is InChI=1S/C24H27F3O5/c1-22(2)30-19-20(29-14-18-11-7-4-8-12-18)23(15-24(25,26)27,32-21(19)31-22)16-28-13-17-9-5-3-6-10-17/h3-12,19-21H,13-16H2,1-2H3/t19-,20+,21+,23-/m1/s1. The molecule has 0 aliphatic carbocycles. The van der Waals surface area contributed by atoms with E-state index >= 15 is 0 Å². The molecule has 0 saturated carbocycles. The summed E-state index contributed by atoms with van der Waals surface area (Å²) in [5.41, 5.74) is -0.114. The van der Waals surface area contributed by atoms with Crippen LogP contribution >= 0.6 is 0 Å². The third-order valence-corrected chi connectivity index (χ3v) is 5.49. The fourth-order valence-electron chi connectivity index (χ4n) is 4.22. The van der Waals surface area contributed by atoms with Crippen LogP contribution in [0.4, 0.5) is 13.2 Å². The minimum Gasteiger partial charge on any atom is -0.374 e. The highest BCUT2D eigenvalue weighted by molar-refractivity contribution is 5.15. The number of rotatable bonds is 8. The van der Waals surface area contributed by atoms with E-state index in [9.17, 15) is 13.2 Å². The minimum absolute atomic E-state index is 0.111. The van der Waals surface area contributed by atoms with Crippen molar-refractivity contribution in [2.45, 2.75) is 69.5 Å². The summed E-state index contributed by atoms with van der Waals surface area (Å²) in [5.74, 6) is -0.987. The lowest BCUT2D eigenvalue weighted by atomic mass is 9.91. The Morgan fingerprint density at radius 1 is 0.844 bits per heavy atom. The van der Waals surface area contributed by atoms with Gasteiger partial charge in [0.1, 0.15) is 17.8 Å². The highest BCUT2D eigenvalue weighted by Gasteiger charge is 2.65. The van der Waals surface area contributed by atoms with Crippen LogP contribution in [0.5, 0.6) is 0 Å². The van der Waals surface area contributed by atoms with Crippen molar-refractivity contribution in [3.8, 4) is 0 Å².